The standard InChI is InChI=1S/C20H14F3N5OS/c1-11(29)26-19-28-18-14(3-2-4-16(18)30-19)27-17-9-15(24-10-25-17)12-5-7-13(8-6-12)20(21,22)23/h2-10H,1H3,(H,24,25,27)(H,26,28,29). The normalized spacial score (nSPS) is 11.5. The maximum atomic E-state index is 12.8. The summed E-state index contributed by atoms with van der Waals surface area (Å²) >= 11 is 1.35. The van der Waals surface area contributed by atoms with Crippen LogP contribution in [0.5, 0.6) is 0 Å². The van der Waals surface area contributed by atoms with Crippen LogP contribution < -0.4 is 10.6 Å². The van der Waals surface area contributed by atoms with E-state index in [1.165, 1.54) is 36.7 Å². The third kappa shape index (κ3) is 4.23. The minimum absolute atomic E-state index is 0.208. The Kier molecular flexibility index (Phi) is 5.08. The second kappa shape index (κ2) is 7.71. The van der Waals surface area contributed by atoms with Crippen molar-refractivity contribution in [2.24, 2.45) is 0 Å². The van der Waals surface area contributed by atoms with Crippen LogP contribution in [-0.4, -0.2) is 20.9 Å². The van der Waals surface area contributed by atoms with Crippen molar-refractivity contribution >= 4 is 44.1 Å². The Morgan fingerprint density at radius 2 is 1.83 bits per heavy atom. The van der Waals surface area contributed by atoms with E-state index < -0.39 is 11.7 Å². The summed E-state index contributed by atoms with van der Waals surface area (Å²) in [6.07, 6.45) is -3.06. The molecule has 0 unspecified atom stereocenters. The van der Waals surface area contributed by atoms with Crippen LogP contribution in [0, 0.1) is 0 Å². The Morgan fingerprint density at radius 1 is 1.07 bits per heavy atom. The number of hydrogen-bond donors (Lipinski definition) is 2. The Bertz CT molecular complexity index is 1220. The first-order valence-corrected chi connectivity index (χ1v) is 9.55. The van der Waals surface area contributed by atoms with Gasteiger partial charge in [-0.1, -0.05) is 29.5 Å². The minimum atomic E-state index is -4.39. The van der Waals surface area contributed by atoms with Gasteiger partial charge in [-0.25, -0.2) is 15.0 Å². The molecule has 0 spiro atoms. The van der Waals surface area contributed by atoms with Gasteiger partial charge in [0.05, 0.1) is 21.6 Å². The van der Waals surface area contributed by atoms with Gasteiger partial charge in [-0.05, 0) is 24.3 Å². The molecule has 152 valence electrons. The first-order chi connectivity index (χ1) is 14.3. The van der Waals surface area contributed by atoms with E-state index in [1.54, 1.807) is 6.07 Å². The van der Waals surface area contributed by atoms with Gasteiger partial charge < -0.3 is 10.6 Å². The molecule has 2 N–H and O–H groups in total. The Hall–Kier alpha value is -3.53. The van der Waals surface area contributed by atoms with E-state index in [9.17, 15) is 18.0 Å². The fraction of sp³-hybridized carbons (Fsp3) is 0.100. The minimum Gasteiger partial charge on any atom is -0.338 e. The second-order valence-corrected chi connectivity index (χ2v) is 7.37. The molecule has 0 saturated heterocycles. The third-order valence-corrected chi connectivity index (χ3v) is 5.08. The maximum absolute atomic E-state index is 12.8. The molecule has 0 aliphatic heterocycles. The summed E-state index contributed by atoms with van der Waals surface area (Å²) in [5, 5.41) is 6.31. The van der Waals surface area contributed by atoms with E-state index in [-0.39, 0.29) is 5.91 Å². The molecule has 30 heavy (non-hydrogen) atoms. The lowest BCUT2D eigenvalue weighted by Crippen LogP contribution is -2.04. The number of fused-ring (bicyclic) bond motifs is 1. The molecule has 1 amide bonds. The number of anilines is 3. The number of thiazole rings is 1. The van der Waals surface area contributed by atoms with Gasteiger partial charge in [0.2, 0.25) is 5.91 Å². The molecule has 0 fully saturated rings. The molecular formula is C20H14F3N5OS. The number of nitrogens with one attached hydrogen (secondary N) is 2. The molecule has 2 aromatic heterocycles. The van der Waals surface area contributed by atoms with Crippen molar-refractivity contribution in [2.75, 3.05) is 10.6 Å². The van der Waals surface area contributed by atoms with Crippen molar-refractivity contribution in [3.63, 3.8) is 0 Å². The molecule has 0 radical (unpaired) electrons. The number of para-hydroxylation sites is 1. The zero-order chi connectivity index (χ0) is 21.3. The third-order valence-electron chi connectivity index (χ3n) is 4.14. The van der Waals surface area contributed by atoms with E-state index in [0.29, 0.717) is 33.4 Å². The SMILES string of the molecule is CC(=O)Nc1nc2c(Nc3cc(-c4ccc(C(F)(F)F)cc4)ncn3)cccc2s1. The lowest BCUT2D eigenvalue weighted by molar-refractivity contribution is -0.137. The van der Waals surface area contributed by atoms with Gasteiger partial charge in [0.15, 0.2) is 5.13 Å². The Morgan fingerprint density at radius 3 is 2.53 bits per heavy atom. The summed E-state index contributed by atoms with van der Waals surface area (Å²) in [6.45, 7) is 1.41. The summed E-state index contributed by atoms with van der Waals surface area (Å²) in [6, 6.07) is 12.0. The highest BCUT2D eigenvalue weighted by molar-refractivity contribution is 7.22. The molecule has 2 aromatic carbocycles. The number of amides is 1. The molecule has 4 rings (SSSR count). The number of nitrogens with zero attached hydrogens (tertiary/aromatic N) is 3. The molecule has 0 saturated carbocycles. The van der Waals surface area contributed by atoms with Crippen LogP contribution in [0.25, 0.3) is 21.5 Å². The number of carbonyl (C=O) groups excluding carboxylic acids is 1. The van der Waals surface area contributed by atoms with Crippen LogP contribution in [0.2, 0.25) is 0 Å². The lowest BCUT2D eigenvalue weighted by atomic mass is 10.1. The second-order valence-electron chi connectivity index (χ2n) is 6.34. The van der Waals surface area contributed by atoms with Crippen LogP contribution in [0.3, 0.4) is 0 Å². The van der Waals surface area contributed by atoms with E-state index in [1.807, 2.05) is 18.2 Å². The topological polar surface area (TPSA) is 79.8 Å². The molecule has 0 aliphatic carbocycles. The van der Waals surface area contributed by atoms with Crippen LogP contribution in [-0.2, 0) is 11.0 Å². The number of hydrogen-bond acceptors (Lipinski definition) is 6. The molecule has 0 atom stereocenters. The van der Waals surface area contributed by atoms with Gasteiger partial charge in [-0.15, -0.1) is 0 Å². The lowest BCUT2D eigenvalue weighted by Gasteiger charge is -2.09. The zero-order valence-corrected chi connectivity index (χ0v) is 16.3. The average Bonchev–Trinajstić information content (AvgIpc) is 3.10. The molecule has 4 aromatic rings. The highest BCUT2D eigenvalue weighted by Crippen LogP contribution is 2.33. The van der Waals surface area contributed by atoms with Gasteiger partial charge in [0.25, 0.3) is 0 Å². The van der Waals surface area contributed by atoms with Crippen molar-refractivity contribution < 1.29 is 18.0 Å². The number of carbonyl (C=O) groups is 1. The van der Waals surface area contributed by atoms with Crippen molar-refractivity contribution in [2.45, 2.75) is 13.1 Å². The summed E-state index contributed by atoms with van der Waals surface area (Å²) in [7, 11) is 0. The van der Waals surface area contributed by atoms with E-state index >= 15 is 0 Å². The zero-order valence-electron chi connectivity index (χ0n) is 15.5. The molecular weight excluding hydrogens is 415 g/mol. The fourth-order valence-corrected chi connectivity index (χ4v) is 3.74. The number of rotatable bonds is 4. The fourth-order valence-electron chi connectivity index (χ4n) is 2.80. The van der Waals surface area contributed by atoms with Crippen molar-refractivity contribution in [3.8, 4) is 11.3 Å². The van der Waals surface area contributed by atoms with E-state index in [4.69, 9.17) is 0 Å². The van der Waals surface area contributed by atoms with Crippen LogP contribution >= 0.6 is 11.3 Å². The first kappa shape index (κ1) is 19.8. The smallest absolute Gasteiger partial charge is 0.338 e. The van der Waals surface area contributed by atoms with Crippen LogP contribution in [0.4, 0.5) is 29.8 Å². The first-order valence-electron chi connectivity index (χ1n) is 8.73. The van der Waals surface area contributed by atoms with Gasteiger partial charge in [0, 0.05) is 18.6 Å². The summed E-state index contributed by atoms with van der Waals surface area (Å²) in [5.74, 6) is 0.252. The summed E-state index contributed by atoms with van der Waals surface area (Å²) in [4.78, 5) is 24.0. The number of benzene rings is 2. The molecule has 0 bridgehead atoms. The van der Waals surface area contributed by atoms with Gasteiger partial charge in [-0.2, -0.15) is 13.2 Å². The Labute approximate surface area is 172 Å². The highest BCUT2D eigenvalue weighted by Gasteiger charge is 2.30. The van der Waals surface area contributed by atoms with E-state index in [2.05, 4.69) is 25.6 Å². The van der Waals surface area contributed by atoms with Gasteiger partial charge in [-0.3, -0.25) is 4.79 Å². The van der Waals surface area contributed by atoms with Crippen LogP contribution in [0.1, 0.15) is 12.5 Å². The summed E-state index contributed by atoms with van der Waals surface area (Å²) in [5.41, 5.74) is 1.64. The average molecular weight is 429 g/mol. The summed E-state index contributed by atoms with van der Waals surface area (Å²) < 4.78 is 39.2. The maximum Gasteiger partial charge on any atom is 0.416 e. The van der Waals surface area contributed by atoms with Crippen molar-refractivity contribution in [1.82, 2.24) is 15.0 Å². The van der Waals surface area contributed by atoms with Gasteiger partial charge >= 0.3 is 6.18 Å². The number of aromatic nitrogens is 3. The van der Waals surface area contributed by atoms with Crippen LogP contribution in [0.15, 0.2) is 54.9 Å². The Balaban J connectivity index is 1.62. The van der Waals surface area contributed by atoms with Gasteiger partial charge in [0.1, 0.15) is 17.7 Å². The largest absolute Gasteiger partial charge is 0.416 e. The van der Waals surface area contributed by atoms with E-state index in [0.717, 1.165) is 16.8 Å². The predicted molar refractivity (Wildman–Crippen MR) is 110 cm³/mol. The molecule has 6 nitrogen and oxygen atoms in total. The van der Waals surface area contributed by atoms with Crippen molar-refractivity contribution in [3.05, 3.63) is 60.4 Å². The highest BCUT2D eigenvalue weighted by atomic mass is 32.1. The predicted octanol–water partition coefficient (Wildman–Crippen LogP) is 5.47. The van der Waals surface area contributed by atoms with Crippen molar-refractivity contribution in [1.29, 1.82) is 0 Å². The quantitative estimate of drug-likeness (QED) is 0.449. The molecule has 2 heterocycles. The number of halogens is 3. The molecule has 10 heteroatoms. The monoisotopic (exact) mass is 429 g/mol. The number of alkyl halides is 3. The molecule has 0 aliphatic rings.